The van der Waals surface area contributed by atoms with E-state index in [4.69, 9.17) is 5.73 Å². The van der Waals surface area contributed by atoms with Crippen molar-refractivity contribution in [2.75, 3.05) is 23.7 Å². The van der Waals surface area contributed by atoms with Crippen molar-refractivity contribution in [2.45, 2.75) is 26.4 Å². The van der Waals surface area contributed by atoms with Crippen LogP contribution in [0.25, 0.3) is 0 Å². The number of aryl methyl sites for hydroxylation is 1. The molecule has 1 aliphatic heterocycles. The number of aliphatic hydroxyl groups is 1. The largest absolute Gasteiger partial charge is 0.396 e. The Labute approximate surface area is 96.1 Å². The number of piperidine rings is 1. The van der Waals surface area contributed by atoms with Crippen molar-refractivity contribution in [1.29, 1.82) is 0 Å². The Hall–Kier alpha value is -1.29. The second-order valence-electron chi connectivity index (χ2n) is 4.64. The van der Waals surface area contributed by atoms with Crippen molar-refractivity contribution in [3.8, 4) is 0 Å². The van der Waals surface area contributed by atoms with E-state index in [0.29, 0.717) is 5.69 Å². The van der Waals surface area contributed by atoms with E-state index in [0.717, 1.165) is 31.0 Å². The molecular weight excluding hydrogens is 202 g/mol. The Balaban J connectivity index is 2.21. The molecule has 4 heteroatoms. The normalized spacial score (nSPS) is 25.8. The van der Waals surface area contributed by atoms with Gasteiger partial charge in [-0.1, -0.05) is 6.92 Å². The van der Waals surface area contributed by atoms with Crippen LogP contribution in [-0.4, -0.2) is 29.3 Å². The van der Waals surface area contributed by atoms with Crippen molar-refractivity contribution >= 4 is 11.5 Å². The van der Waals surface area contributed by atoms with Crippen molar-refractivity contribution in [3.63, 3.8) is 0 Å². The van der Waals surface area contributed by atoms with Gasteiger partial charge < -0.3 is 15.7 Å². The first-order valence-electron chi connectivity index (χ1n) is 5.74. The topological polar surface area (TPSA) is 62.4 Å². The standard InChI is InChI=1S/C12H19N3O/c1-8-7-15(6-5-11(8)16)12-10(13)4-3-9(2)14-12/h3-4,8,11,16H,5-7,13H2,1-2H3. The van der Waals surface area contributed by atoms with Crippen LogP contribution in [0.5, 0.6) is 0 Å². The molecule has 2 rings (SSSR count). The summed E-state index contributed by atoms with van der Waals surface area (Å²) in [6.07, 6.45) is 0.596. The molecule has 16 heavy (non-hydrogen) atoms. The third kappa shape index (κ3) is 2.11. The summed E-state index contributed by atoms with van der Waals surface area (Å²) in [5.74, 6) is 1.13. The molecule has 2 unspecified atom stereocenters. The Bertz CT molecular complexity index is 381. The number of aromatic nitrogens is 1. The number of hydrogen-bond donors (Lipinski definition) is 2. The first kappa shape index (κ1) is 11.2. The minimum Gasteiger partial charge on any atom is -0.396 e. The Morgan fingerprint density at radius 1 is 1.50 bits per heavy atom. The molecule has 0 spiro atoms. The predicted molar refractivity (Wildman–Crippen MR) is 65.4 cm³/mol. The van der Waals surface area contributed by atoms with E-state index in [1.807, 2.05) is 19.1 Å². The van der Waals surface area contributed by atoms with E-state index >= 15 is 0 Å². The summed E-state index contributed by atoms with van der Waals surface area (Å²) in [5.41, 5.74) is 7.63. The van der Waals surface area contributed by atoms with Crippen LogP contribution < -0.4 is 10.6 Å². The van der Waals surface area contributed by atoms with E-state index in [1.165, 1.54) is 0 Å². The molecule has 3 N–H and O–H groups in total. The second kappa shape index (κ2) is 4.29. The fraction of sp³-hybridized carbons (Fsp3) is 0.583. The lowest BCUT2D eigenvalue weighted by Crippen LogP contribution is -2.42. The molecule has 0 aromatic carbocycles. The van der Waals surface area contributed by atoms with Crippen LogP contribution in [0.15, 0.2) is 12.1 Å². The van der Waals surface area contributed by atoms with E-state index in [9.17, 15) is 5.11 Å². The van der Waals surface area contributed by atoms with E-state index in [2.05, 4.69) is 16.8 Å². The van der Waals surface area contributed by atoms with Crippen LogP contribution in [0.2, 0.25) is 0 Å². The first-order valence-corrected chi connectivity index (χ1v) is 5.74. The van der Waals surface area contributed by atoms with E-state index in [-0.39, 0.29) is 12.0 Å². The Morgan fingerprint density at radius 2 is 2.25 bits per heavy atom. The summed E-state index contributed by atoms with van der Waals surface area (Å²) < 4.78 is 0. The van der Waals surface area contributed by atoms with E-state index in [1.54, 1.807) is 0 Å². The van der Waals surface area contributed by atoms with Crippen molar-refractivity contribution in [1.82, 2.24) is 4.98 Å². The SMILES string of the molecule is Cc1ccc(N)c(N2CCC(O)C(C)C2)n1. The van der Waals surface area contributed by atoms with Crippen LogP contribution >= 0.6 is 0 Å². The highest BCUT2D eigenvalue weighted by Crippen LogP contribution is 2.26. The summed E-state index contributed by atoms with van der Waals surface area (Å²) in [4.78, 5) is 6.64. The molecule has 1 fully saturated rings. The minimum absolute atomic E-state index is 0.192. The molecule has 88 valence electrons. The Kier molecular flexibility index (Phi) is 3.01. The van der Waals surface area contributed by atoms with Crippen LogP contribution in [0.1, 0.15) is 19.0 Å². The van der Waals surface area contributed by atoms with Gasteiger partial charge in [-0.15, -0.1) is 0 Å². The smallest absolute Gasteiger partial charge is 0.152 e. The fourth-order valence-electron chi connectivity index (χ4n) is 2.13. The summed E-state index contributed by atoms with van der Waals surface area (Å²) >= 11 is 0. The lowest BCUT2D eigenvalue weighted by Gasteiger charge is -2.35. The average molecular weight is 221 g/mol. The molecule has 0 aliphatic carbocycles. The molecule has 1 aromatic heterocycles. The average Bonchev–Trinajstić information content (AvgIpc) is 2.26. The molecule has 0 saturated carbocycles. The van der Waals surface area contributed by atoms with Crippen LogP contribution in [0.4, 0.5) is 11.5 Å². The number of hydrogen-bond acceptors (Lipinski definition) is 4. The molecule has 2 heterocycles. The molecule has 0 bridgehead atoms. The van der Waals surface area contributed by atoms with Gasteiger partial charge in [-0.25, -0.2) is 4.98 Å². The monoisotopic (exact) mass is 221 g/mol. The quantitative estimate of drug-likeness (QED) is 0.747. The molecule has 4 nitrogen and oxygen atoms in total. The van der Waals surface area contributed by atoms with Crippen LogP contribution in [0.3, 0.4) is 0 Å². The third-order valence-electron chi connectivity index (χ3n) is 3.20. The summed E-state index contributed by atoms with van der Waals surface area (Å²) in [7, 11) is 0. The van der Waals surface area contributed by atoms with Crippen molar-refractivity contribution < 1.29 is 5.11 Å². The van der Waals surface area contributed by atoms with Crippen LogP contribution in [0, 0.1) is 12.8 Å². The molecular formula is C12H19N3O. The van der Waals surface area contributed by atoms with Gasteiger partial charge in [0, 0.05) is 18.8 Å². The van der Waals surface area contributed by atoms with Crippen LogP contribution in [-0.2, 0) is 0 Å². The zero-order valence-electron chi connectivity index (χ0n) is 9.85. The molecule has 1 aliphatic rings. The third-order valence-corrected chi connectivity index (χ3v) is 3.20. The van der Waals surface area contributed by atoms with Gasteiger partial charge in [0.05, 0.1) is 11.8 Å². The number of anilines is 2. The summed E-state index contributed by atoms with van der Waals surface area (Å²) in [6, 6.07) is 3.81. The van der Waals surface area contributed by atoms with Gasteiger partial charge in [0.25, 0.3) is 0 Å². The number of pyridine rings is 1. The number of aliphatic hydroxyl groups excluding tert-OH is 1. The van der Waals surface area contributed by atoms with Gasteiger partial charge in [-0.05, 0) is 31.4 Å². The summed E-state index contributed by atoms with van der Waals surface area (Å²) in [5, 5.41) is 9.69. The minimum atomic E-state index is -0.192. The first-order chi connectivity index (χ1) is 7.58. The lowest BCUT2D eigenvalue weighted by molar-refractivity contribution is 0.0969. The van der Waals surface area contributed by atoms with Gasteiger partial charge in [-0.2, -0.15) is 0 Å². The molecule has 0 radical (unpaired) electrons. The number of nitrogens with zero attached hydrogens (tertiary/aromatic N) is 2. The van der Waals surface area contributed by atoms with Gasteiger partial charge in [0.2, 0.25) is 0 Å². The van der Waals surface area contributed by atoms with Crippen molar-refractivity contribution in [3.05, 3.63) is 17.8 Å². The number of rotatable bonds is 1. The van der Waals surface area contributed by atoms with E-state index < -0.39 is 0 Å². The summed E-state index contributed by atoms with van der Waals surface area (Å²) in [6.45, 7) is 5.67. The highest BCUT2D eigenvalue weighted by molar-refractivity contribution is 5.63. The maximum Gasteiger partial charge on any atom is 0.152 e. The number of nitrogen functional groups attached to an aromatic ring is 1. The number of nitrogens with two attached hydrogens (primary N) is 1. The molecule has 0 amide bonds. The van der Waals surface area contributed by atoms with Gasteiger partial charge in [0.1, 0.15) is 0 Å². The van der Waals surface area contributed by atoms with Gasteiger partial charge >= 0.3 is 0 Å². The molecule has 2 atom stereocenters. The molecule has 1 saturated heterocycles. The lowest BCUT2D eigenvalue weighted by atomic mass is 9.97. The zero-order valence-corrected chi connectivity index (χ0v) is 9.85. The highest BCUT2D eigenvalue weighted by Gasteiger charge is 2.25. The zero-order chi connectivity index (χ0) is 11.7. The van der Waals surface area contributed by atoms with Crippen molar-refractivity contribution in [2.24, 2.45) is 5.92 Å². The Morgan fingerprint density at radius 3 is 2.94 bits per heavy atom. The predicted octanol–water partition coefficient (Wildman–Crippen LogP) is 1.18. The highest BCUT2D eigenvalue weighted by atomic mass is 16.3. The van der Waals surface area contributed by atoms with Gasteiger partial charge in [0.15, 0.2) is 5.82 Å². The maximum absolute atomic E-state index is 9.69. The van der Waals surface area contributed by atoms with Gasteiger partial charge in [-0.3, -0.25) is 0 Å². The maximum atomic E-state index is 9.69. The second-order valence-corrected chi connectivity index (χ2v) is 4.64. The fourth-order valence-corrected chi connectivity index (χ4v) is 2.13. The molecule has 1 aromatic rings.